The zero-order valence-electron chi connectivity index (χ0n) is 17.0. The molecular weight excluding hydrogens is 407 g/mol. The van der Waals surface area contributed by atoms with Crippen molar-refractivity contribution in [3.8, 4) is 0 Å². The van der Waals surface area contributed by atoms with Crippen LogP contribution < -0.4 is 5.32 Å². The Morgan fingerprint density at radius 1 is 1.21 bits per heavy atom. The van der Waals surface area contributed by atoms with Crippen molar-refractivity contribution in [3.63, 3.8) is 0 Å². The summed E-state index contributed by atoms with van der Waals surface area (Å²) < 4.78 is 37.7. The molecule has 0 spiro atoms. The fourth-order valence-corrected chi connectivity index (χ4v) is 3.10. The second-order valence-corrected chi connectivity index (χ2v) is 7.42. The fraction of sp³-hybridized carbons (Fsp3) is 0.600. The number of likely N-dealkylation sites (tertiary alicyclic amines) is 1. The molecule has 1 aliphatic rings. The minimum Gasteiger partial charge on any atom is -0.391 e. The summed E-state index contributed by atoms with van der Waals surface area (Å²) in [7, 11) is 1.80. The van der Waals surface area contributed by atoms with E-state index in [2.05, 4.69) is 24.3 Å². The van der Waals surface area contributed by atoms with Crippen LogP contribution in [-0.4, -0.2) is 42.7 Å². The molecule has 1 aliphatic heterocycles. The van der Waals surface area contributed by atoms with Gasteiger partial charge in [0, 0.05) is 25.9 Å². The Balaban J connectivity index is 0.00000420. The molecule has 5 nitrogen and oxygen atoms in total. The lowest BCUT2D eigenvalue weighted by Crippen LogP contribution is -2.48. The molecule has 9 heteroatoms. The number of hydrogen-bond acceptors (Lipinski definition) is 4. The average Bonchev–Trinajstić information content (AvgIpc) is 2.65. The SMILES string of the molecule is CNC(CC(C)C)C(=O)N1CCC(=NOCc2ccc(C(F)(F)F)cc2)CC1.Cl. The van der Waals surface area contributed by atoms with Gasteiger partial charge in [-0.2, -0.15) is 13.2 Å². The van der Waals surface area contributed by atoms with E-state index in [0.29, 0.717) is 37.4 Å². The number of rotatable bonds is 7. The van der Waals surface area contributed by atoms with Crippen LogP contribution in [0.1, 0.15) is 44.2 Å². The van der Waals surface area contributed by atoms with E-state index in [1.807, 2.05) is 4.90 Å². The van der Waals surface area contributed by atoms with Crippen LogP contribution in [0.25, 0.3) is 0 Å². The van der Waals surface area contributed by atoms with Crippen LogP contribution in [0.3, 0.4) is 0 Å². The smallest absolute Gasteiger partial charge is 0.391 e. The predicted octanol–water partition coefficient (Wildman–Crippen LogP) is 4.26. The molecule has 1 heterocycles. The van der Waals surface area contributed by atoms with E-state index in [9.17, 15) is 18.0 Å². The molecule has 1 saturated heterocycles. The standard InChI is InChI=1S/C20H28F3N3O2.ClH/c1-14(2)12-18(24-3)19(27)26-10-8-17(9-11-26)25-28-13-15-4-6-16(7-5-15)20(21,22)23;/h4-7,14,18,24H,8-13H2,1-3H3;1H. The van der Waals surface area contributed by atoms with Gasteiger partial charge in [-0.25, -0.2) is 0 Å². The molecule has 164 valence electrons. The highest BCUT2D eigenvalue weighted by Crippen LogP contribution is 2.29. The van der Waals surface area contributed by atoms with E-state index in [1.165, 1.54) is 12.1 Å². The quantitative estimate of drug-likeness (QED) is 0.651. The Hall–Kier alpha value is -1.80. The Bertz CT molecular complexity index is 669. The summed E-state index contributed by atoms with van der Waals surface area (Å²) in [6, 6.07) is 4.67. The second-order valence-electron chi connectivity index (χ2n) is 7.42. The minimum absolute atomic E-state index is 0. The Morgan fingerprint density at radius 2 is 1.79 bits per heavy atom. The van der Waals surface area contributed by atoms with Crippen molar-refractivity contribution in [1.29, 1.82) is 0 Å². The first-order valence-corrected chi connectivity index (χ1v) is 9.50. The van der Waals surface area contributed by atoms with Gasteiger partial charge in [-0.05, 0) is 37.1 Å². The third-order valence-electron chi connectivity index (χ3n) is 4.71. The number of carbonyl (C=O) groups excluding carboxylic acids is 1. The molecule has 1 aromatic carbocycles. The van der Waals surface area contributed by atoms with Gasteiger partial charge in [0.15, 0.2) is 0 Å². The molecule has 1 fully saturated rings. The number of oxime groups is 1. The van der Waals surface area contributed by atoms with Gasteiger partial charge in [0.05, 0.1) is 17.3 Å². The molecule has 0 bridgehead atoms. The minimum atomic E-state index is -4.34. The van der Waals surface area contributed by atoms with Crippen LogP contribution in [0, 0.1) is 5.92 Å². The van der Waals surface area contributed by atoms with Crippen LogP contribution in [0.4, 0.5) is 13.2 Å². The van der Waals surface area contributed by atoms with Gasteiger partial charge in [-0.15, -0.1) is 12.4 Å². The molecule has 1 unspecified atom stereocenters. The van der Waals surface area contributed by atoms with E-state index >= 15 is 0 Å². The third-order valence-corrected chi connectivity index (χ3v) is 4.71. The molecular formula is C20H29ClF3N3O2. The predicted molar refractivity (Wildman–Crippen MR) is 109 cm³/mol. The van der Waals surface area contributed by atoms with Gasteiger partial charge in [-0.1, -0.05) is 31.1 Å². The first-order chi connectivity index (χ1) is 13.2. The number of halogens is 4. The monoisotopic (exact) mass is 435 g/mol. The van der Waals surface area contributed by atoms with Crippen molar-refractivity contribution >= 4 is 24.0 Å². The lowest BCUT2D eigenvalue weighted by Gasteiger charge is -2.31. The topological polar surface area (TPSA) is 53.9 Å². The maximum Gasteiger partial charge on any atom is 0.416 e. The van der Waals surface area contributed by atoms with Crippen molar-refractivity contribution in [2.45, 2.75) is 51.9 Å². The maximum absolute atomic E-state index is 12.6. The summed E-state index contributed by atoms with van der Waals surface area (Å²) in [4.78, 5) is 19.7. The van der Waals surface area contributed by atoms with Gasteiger partial charge < -0.3 is 15.1 Å². The fourth-order valence-electron chi connectivity index (χ4n) is 3.10. The average molecular weight is 436 g/mol. The number of alkyl halides is 3. The first kappa shape index (κ1) is 25.2. The molecule has 0 aliphatic carbocycles. The van der Waals surface area contributed by atoms with Gasteiger partial charge in [0.1, 0.15) is 6.61 Å². The molecule has 0 radical (unpaired) electrons. The summed E-state index contributed by atoms with van der Waals surface area (Å²) in [5.41, 5.74) is 0.799. The lowest BCUT2D eigenvalue weighted by molar-refractivity contribution is -0.137. The summed E-state index contributed by atoms with van der Waals surface area (Å²) in [5.74, 6) is 0.544. The second kappa shape index (κ2) is 11.4. The number of benzene rings is 1. The third kappa shape index (κ3) is 7.85. The Kier molecular flexibility index (Phi) is 9.92. The number of nitrogens with zero attached hydrogens (tertiary/aromatic N) is 2. The number of nitrogens with one attached hydrogen (secondary N) is 1. The lowest BCUT2D eigenvalue weighted by atomic mass is 10.0. The number of carbonyl (C=O) groups is 1. The highest BCUT2D eigenvalue weighted by Gasteiger charge is 2.30. The van der Waals surface area contributed by atoms with Gasteiger partial charge >= 0.3 is 6.18 Å². The van der Waals surface area contributed by atoms with E-state index in [0.717, 1.165) is 24.3 Å². The normalized spacial score (nSPS) is 15.7. The van der Waals surface area contributed by atoms with Crippen molar-refractivity contribution in [3.05, 3.63) is 35.4 Å². The van der Waals surface area contributed by atoms with Crippen LogP contribution in [-0.2, 0) is 22.4 Å². The number of hydrogen-bond donors (Lipinski definition) is 1. The van der Waals surface area contributed by atoms with Crippen molar-refractivity contribution in [2.24, 2.45) is 11.1 Å². The molecule has 1 atom stereocenters. The maximum atomic E-state index is 12.6. The van der Waals surface area contributed by atoms with Crippen molar-refractivity contribution in [1.82, 2.24) is 10.2 Å². The molecule has 0 aromatic heterocycles. The highest BCUT2D eigenvalue weighted by atomic mass is 35.5. The summed E-state index contributed by atoms with van der Waals surface area (Å²) in [5, 5.41) is 7.19. The van der Waals surface area contributed by atoms with Crippen LogP contribution in [0.2, 0.25) is 0 Å². The molecule has 29 heavy (non-hydrogen) atoms. The molecule has 0 saturated carbocycles. The van der Waals surface area contributed by atoms with Gasteiger partial charge in [0.2, 0.25) is 5.91 Å². The molecule has 1 N–H and O–H groups in total. The highest BCUT2D eigenvalue weighted by molar-refractivity contribution is 5.88. The Labute approximate surface area is 176 Å². The van der Waals surface area contributed by atoms with Crippen LogP contribution in [0.15, 0.2) is 29.4 Å². The van der Waals surface area contributed by atoms with Crippen molar-refractivity contribution < 1.29 is 22.8 Å². The first-order valence-electron chi connectivity index (χ1n) is 9.50. The van der Waals surface area contributed by atoms with E-state index in [1.54, 1.807) is 7.05 Å². The van der Waals surface area contributed by atoms with E-state index in [-0.39, 0.29) is 31.0 Å². The zero-order valence-corrected chi connectivity index (χ0v) is 17.8. The van der Waals surface area contributed by atoms with E-state index in [4.69, 9.17) is 4.84 Å². The zero-order chi connectivity index (χ0) is 20.7. The van der Waals surface area contributed by atoms with Crippen molar-refractivity contribution in [2.75, 3.05) is 20.1 Å². The largest absolute Gasteiger partial charge is 0.416 e. The summed E-state index contributed by atoms with van der Waals surface area (Å²) >= 11 is 0. The molecule has 1 aromatic rings. The van der Waals surface area contributed by atoms with Crippen LogP contribution in [0.5, 0.6) is 0 Å². The molecule has 2 rings (SSSR count). The number of amides is 1. The van der Waals surface area contributed by atoms with Gasteiger partial charge in [-0.3, -0.25) is 4.79 Å². The van der Waals surface area contributed by atoms with Crippen LogP contribution >= 0.6 is 12.4 Å². The number of piperidine rings is 1. The Morgan fingerprint density at radius 3 is 2.28 bits per heavy atom. The summed E-state index contributed by atoms with van der Waals surface area (Å²) in [6.07, 6.45) is -2.27. The van der Waals surface area contributed by atoms with Gasteiger partial charge in [0.25, 0.3) is 0 Å². The molecule has 1 amide bonds. The summed E-state index contributed by atoms with van der Waals surface area (Å²) in [6.45, 7) is 5.48. The number of likely N-dealkylation sites (N-methyl/N-ethyl adjacent to an activating group) is 1. The van der Waals surface area contributed by atoms with E-state index < -0.39 is 11.7 Å².